The van der Waals surface area contributed by atoms with Crippen LogP contribution in [0.5, 0.6) is 11.5 Å². The van der Waals surface area contributed by atoms with Crippen LogP contribution in [-0.4, -0.2) is 37.1 Å². The number of rotatable bonds is 9. The van der Waals surface area contributed by atoms with Crippen LogP contribution < -0.4 is 25.5 Å². The van der Waals surface area contributed by atoms with Crippen LogP contribution in [0.3, 0.4) is 0 Å². The summed E-state index contributed by atoms with van der Waals surface area (Å²) in [4.78, 5) is 36.2. The molecule has 0 unspecified atom stereocenters. The van der Waals surface area contributed by atoms with Gasteiger partial charge in [0.2, 0.25) is 0 Å². The topological polar surface area (TPSA) is 118 Å². The van der Waals surface area contributed by atoms with Gasteiger partial charge in [0.1, 0.15) is 5.82 Å². The molecule has 0 radical (unpaired) electrons. The Morgan fingerprint density at radius 3 is 2.39 bits per heavy atom. The predicted octanol–water partition coefficient (Wildman–Crippen LogP) is 3.64. The van der Waals surface area contributed by atoms with Crippen molar-refractivity contribution in [1.29, 1.82) is 0 Å². The maximum atomic E-state index is 13.0. The number of hydrogen-bond acceptors (Lipinski definition) is 6. The number of hydrogen-bond donors (Lipinski definition) is 3. The molecule has 186 valence electrons. The lowest BCUT2D eigenvalue weighted by molar-refractivity contribution is -0.136. The number of aryl methyl sites for hydroxylation is 1. The second-order valence-corrected chi connectivity index (χ2v) is 7.51. The fourth-order valence-corrected chi connectivity index (χ4v) is 2.99. The second-order valence-electron chi connectivity index (χ2n) is 7.51. The molecule has 0 fully saturated rings. The molecule has 3 aromatic carbocycles. The molecular weight excluding hydrogens is 467 g/mol. The zero-order valence-corrected chi connectivity index (χ0v) is 19.7. The second kappa shape index (κ2) is 12.7. The molecule has 3 amide bonds. The van der Waals surface area contributed by atoms with E-state index in [2.05, 4.69) is 21.2 Å². The molecule has 0 aliphatic rings. The highest BCUT2D eigenvalue weighted by atomic mass is 19.1. The number of benzene rings is 3. The molecule has 0 atom stereocenters. The minimum atomic E-state index is -0.926. The molecule has 0 saturated carbocycles. The largest absolute Gasteiger partial charge is 0.490 e. The maximum absolute atomic E-state index is 13.0. The molecule has 9 nitrogen and oxygen atoms in total. The van der Waals surface area contributed by atoms with Gasteiger partial charge in [-0.05, 0) is 79.6 Å². The fourth-order valence-electron chi connectivity index (χ4n) is 2.99. The molecule has 0 aromatic heterocycles. The lowest BCUT2D eigenvalue weighted by atomic mass is 10.2. The van der Waals surface area contributed by atoms with E-state index in [0.717, 1.165) is 5.56 Å². The van der Waals surface area contributed by atoms with Crippen LogP contribution in [0.4, 0.5) is 15.8 Å². The summed E-state index contributed by atoms with van der Waals surface area (Å²) >= 11 is 0. The first-order valence-corrected chi connectivity index (χ1v) is 11.0. The highest BCUT2D eigenvalue weighted by Crippen LogP contribution is 2.28. The van der Waals surface area contributed by atoms with Gasteiger partial charge in [0.25, 0.3) is 5.91 Å². The molecule has 0 aliphatic carbocycles. The van der Waals surface area contributed by atoms with E-state index in [9.17, 15) is 18.8 Å². The van der Waals surface area contributed by atoms with Crippen molar-refractivity contribution in [2.75, 3.05) is 23.8 Å². The van der Waals surface area contributed by atoms with Gasteiger partial charge in [-0.15, -0.1) is 0 Å². The number of amides is 3. The zero-order valence-electron chi connectivity index (χ0n) is 19.7. The third-order valence-electron chi connectivity index (χ3n) is 4.62. The van der Waals surface area contributed by atoms with Gasteiger partial charge in [0.15, 0.2) is 18.1 Å². The van der Waals surface area contributed by atoms with Crippen LogP contribution in [0.1, 0.15) is 18.1 Å². The Morgan fingerprint density at radius 1 is 0.889 bits per heavy atom. The van der Waals surface area contributed by atoms with Gasteiger partial charge < -0.3 is 20.1 Å². The first-order valence-electron chi connectivity index (χ1n) is 11.0. The Bertz CT molecular complexity index is 1260. The summed E-state index contributed by atoms with van der Waals surface area (Å²) < 4.78 is 24.1. The van der Waals surface area contributed by atoms with Crippen LogP contribution in [-0.2, 0) is 14.4 Å². The van der Waals surface area contributed by atoms with Gasteiger partial charge in [-0.2, -0.15) is 5.10 Å². The van der Waals surface area contributed by atoms with Crippen molar-refractivity contribution in [2.45, 2.75) is 13.8 Å². The van der Waals surface area contributed by atoms with E-state index in [-0.39, 0.29) is 6.61 Å². The third kappa shape index (κ3) is 7.94. The van der Waals surface area contributed by atoms with Crippen molar-refractivity contribution in [3.8, 4) is 11.5 Å². The van der Waals surface area contributed by atoms with Gasteiger partial charge >= 0.3 is 11.8 Å². The van der Waals surface area contributed by atoms with E-state index in [0.29, 0.717) is 35.0 Å². The summed E-state index contributed by atoms with van der Waals surface area (Å²) in [5, 5.41) is 8.90. The van der Waals surface area contributed by atoms with Gasteiger partial charge in [-0.3, -0.25) is 14.4 Å². The molecule has 0 heterocycles. The number of hydrazone groups is 1. The lowest BCUT2D eigenvalue weighted by Gasteiger charge is -2.12. The molecule has 0 bridgehead atoms. The van der Waals surface area contributed by atoms with E-state index in [1.807, 2.05) is 13.0 Å². The van der Waals surface area contributed by atoms with Crippen molar-refractivity contribution in [3.05, 3.63) is 83.7 Å². The quantitative estimate of drug-likeness (QED) is 0.240. The molecule has 10 heteroatoms. The average molecular weight is 493 g/mol. The van der Waals surface area contributed by atoms with E-state index >= 15 is 0 Å². The van der Waals surface area contributed by atoms with Crippen LogP contribution in [0.25, 0.3) is 0 Å². The molecular formula is C26H25FN4O5. The fraction of sp³-hybridized carbons (Fsp3) is 0.154. The van der Waals surface area contributed by atoms with Gasteiger partial charge in [0.05, 0.1) is 12.8 Å². The normalized spacial score (nSPS) is 10.5. The summed E-state index contributed by atoms with van der Waals surface area (Å²) in [6.45, 7) is 3.71. The molecule has 0 saturated heterocycles. The van der Waals surface area contributed by atoms with Crippen molar-refractivity contribution in [3.63, 3.8) is 0 Å². The molecule has 3 aromatic rings. The number of carbonyl (C=O) groups excluding carboxylic acids is 3. The molecule has 36 heavy (non-hydrogen) atoms. The molecule has 3 N–H and O–H groups in total. The summed E-state index contributed by atoms with van der Waals surface area (Å²) in [6.07, 6.45) is 1.34. The number of anilines is 2. The number of nitrogens with zero attached hydrogens (tertiary/aromatic N) is 1. The van der Waals surface area contributed by atoms with E-state index in [4.69, 9.17) is 9.47 Å². The van der Waals surface area contributed by atoms with Crippen LogP contribution in [0.2, 0.25) is 0 Å². The number of ether oxygens (including phenoxy) is 2. The minimum Gasteiger partial charge on any atom is -0.490 e. The van der Waals surface area contributed by atoms with Crippen LogP contribution in [0, 0.1) is 12.7 Å². The third-order valence-corrected chi connectivity index (χ3v) is 4.62. The lowest BCUT2D eigenvalue weighted by Crippen LogP contribution is -2.32. The first kappa shape index (κ1) is 25.9. The van der Waals surface area contributed by atoms with Gasteiger partial charge in [-0.1, -0.05) is 12.1 Å². The Kier molecular flexibility index (Phi) is 9.10. The van der Waals surface area contributed by atoms with Crippen molar-refractivity contribution >= 4 is 35.3 Å². The smallest absolute Gasteiger partial charge is 0.329 e. The maximum Gasteiger partial charge on any atom is 0.329 e. The van der Waals surface area contributed by atoms with E-state index in [1.165, 1.54) is 30.5 Å². The van der Waals surface area contributed by atoms with Gasteiger partial charge in [0, 0.05) is 11.4 Å². The van der Waals surface area contributed by atoms with E-state index in [1.54, 1.807) is 43.3 Å². The van der Waals surface area contributed by atoms with Crippen LogP contribution in [0.15, 0.2) is 71.8 Å². The Morgan fingerprint density at radius 2 is 1.67 bits per heavy atom. The predicted molar refractivity (Wildman–Crippen MR) is 134 cm³/mol. The Balaban J connectivity index is 1.55. The molecule has 0 aliphatic heterocycles. The van der Waals surface area contributed by atoms with Crippen molar-refractivity contribution in [2.24, 2.45) is 5.10 Å². The summed E-state index contributed by atoms with van der Waals surface area (Å²) in [5.74, 6) is -1.93. The van der Waals surface area contributed by atoms with Crippen molar-refractivity contribution in [1.82, 2.24) is 5.43 Å². The minimum absolute atomic E-state index is 0.295. The summed E-state index contributed by atoms with van der Waals surface area (Å²) in [6, 6.07) is 17.2. The SMILES string of the molecule is CCOc1cc(/C=N\NC(=O)C(=O)Nc2cccc(C)c2)ccc1OCC(=O)Nc1ccc(F)cc1. The summed E-state index contributed by atoms with van der Waals surface area (Å²) in [5.41, 5.74) is 4.61. The van der Waals surface area contributed by atoms with Crippen LogP contribution >= 0.6 is 0 Å². The summed E-state index contributed by atoms with van der Waals surface area (Å²) in [7, 11) is 0. The highest BCUT2D eigenvalue weighted by molar-refractivity contribution is 6.39. The number of halogens is 1. The Labute approximate surface area is 207 Å². The van der Waals surface area contributed by atoms with Gasteiger partial charge in [-0.25, -0.2) is 9.82 Å². The standard InChI is InChI=1S/C26H25FN4O5/c1-3-35-23-14-18(15-28-31-26(34)25(33)30-21-6-4-5-17(2)13-21)7-12-22(23)36-16-24(32)29-20-10-8-19(27)9-11-20/h4-15H,3,16H2,1-2H3,(H,29,32)(H,30,33)(H,31,34)/b28-15-. The Hall–Kier alpha value is -4.73. The zero-order chi connectivity index (χ0) is 25.9. The molecule has 3 rings (SSSR count). The first-order chi connectivity index (χ1) is 17.3. The van der Waals surface area contributed by atoms with Crippen molar-refractivity contribution < 1.29 is 28.2 Å². The monoisotopic (exact) mass is 492 g/mol. The number of carbonyl (C=O) groups is 3. The van der Waals surface area contributed by atoms with E-state index < -0.39 is 23.5 Å². The number of nitrogens with one attached hydrogen (secondary N) is 3. The molecule has 0 spiro atoms. The highest BCUT2D eigenvalue weighted by Gasteiger charge is 2.13. The average Bonchev–Trinajstić information content (AvgIpc) is 2.85.